The molecule has 2 saturated heterocycles. The van der Waals surface area contributed by atoms with Crippen molar-refractivity contribution in [2.45, 2.75) is 20.3 Å². The molecule has 0 aliphatic carbocycles. The predicted octanol–water partition coefficient (Wildman–Crippen LogP) is 2.74. The zero-order valence-electron chi connectivity index (χ0n) is 16.0. The quantitative estimate of drug-likeness (QED) is 0.790. The molecule has 0 radical (unpaired) electrons. The number of piperazine rings is 1. The molecule has 27 heavy (non-hydrogen) atoms. The molecule has 2 heterocycles. The van der Waals surface area contributed by atoms with E-state index < -0.39 is 5.82 Å². The Labute approximate surface area is 165 Å². The summed E-state index contributed by atoms with van der Waals surface area (Å²) >= 11 is 5.89. The molecule has 1 aromatic rings. The first-order chi connectivity index (χ1) is 12.8. The number of halogens is 2. The van der Waals surface area contributed by atoms with E-state index in [1.54, 1.807) is 4.90 Å². The number of likely N-dealkylation sites (tertiary alicyclic amines) is 1. The third kappa shape index (κ3) is 4.99. The van der Waals surface area contributed by atoms with Gasteiger partial charge >= 0.3 is 0 Å². The molecule has 0 saturated carbocycles. The zero-order chi connectivity index (χ0) is 19.6. The Morgan fingerprint density at radius 1 is 1.07 bits per heavy atom. The summed E-state index contributed by atoms with van der Waals surface area (Å²) in [5.41, 5.74) is 0.00307. The highest BCUT2D eigenvalue weighted by Gasteiger charge is 2.29. The Morgan fingerprint density at radius 2 is 1.70 bits per heavy atom. The maximum absolute atomic E-state index is 13.9. The van der Waals surface area contributed by atoms with Gasteiger partial charge in [0.25, 0.3) is 5.91 Å². The van der Waals surface area contributed by atoms with Crippen molar-refractivity contribution in [3.05, 3.63) is 34.6 Å². The van der Waals surface area contributed by atoms with Crippen molar-refractivity contribution in [1.82, 2.24) is 14.7 Å². The predicted molar refractivity (Wildman–Crippen MR) is 103 cm³/mol. The van der Waals surface area contributed by atoms with Gasteiger partial charge in [-0.05, 0) is 36.5 Å². The lowest BCUT2D eigenvalue weighted by Gasteiger charge is -2.38. The molecule has 0 spiro atoms. The van der Waals surface area contributed by atoms with Crippen LogP contribution in [0.5, 0.6) is 0 Å². The van der Waals surface area contributed by atoms with Crippen LogP contribution in [0.15, 0.2) is 18.2 Å². The molecule has 0 N–H and O–H groups in total. The largest absolute Gasteiger partial charge is 0.341 e. The van der Waals surface area contributed by atoms with Crippen LogP contribution in [0.1, 0.15) is 30.6 Å². The molecule has 148 valence electrons. The SMILES string of the molecule is CC1CC(C)CN(C(=O)CN2CCN(C(=O)c3cc(Cl)ccc3F)CC2)C1. The van der Waals surface area contributed by atoms with Gasteiger partial charge in [0.15, 0.2) is 0 Å². The summed E-state index contributed by atoms with van der Waals surface area (Å²) in [6.07, 6.45) is 1.17. The van der Waals surface area contributed by atoms with Crippen molar-refractivity contribution in [3.8, 4) is 0 Å². The van der Waals surface area contributed by atoms with Gasteiger partial charge in [0, 0.05) is 44.3 Å². The number of nitrogens with zero attached hydrogens (tertiary/aromatic N) is 3. The van der Waals surface area contributed by atoms with Crippen LogP contribution in [0.4, 0.5) is 4.39 Å². The fourth-order valence-electron chi connectivity index (χ4n) is 4.10. The maximum atomic E-state index is 13.9. The molecule has 2 unspecified atom stereocenters. The van der Waals surface area contributed by atoms with Crippen molar-refractivity contribution >= 4 is 23.4 Å². The van der Waals surface area contributed by atoms with E-state index in [-0.39, 0.29) is 17.4 Å². The minimum absolute atomic E-state index is 0.00307. The minimum atomic E-state index is -0.560. The van der Waals surface area contributed by atoms with E-state index in [0.29, 0.717) is 49.6 Å². The second kappa shape index (κ2) is 8.57. The Balaban J connectivity index is 1.52. The van der Waals surface area contributed by atoms with E-state index in [1.165, 1.54) is 24.6 Å². The lowest BCUT2D eigenvalue weighted by molar-refractivity contribution is -0.135. The summed E-state index contributed by atoms with van der Waals surface area (Å²) < 4.78 is 13.9. The van der Waals surface area contributed by atoms with Crippen LogP contribution in [-0.4, -0.2) is 72.3 Å². The van der Waals surface area contributed by atoms with E-state index in [0.717, 1.165) is 13.1 Å². The van der Waals surface area contributed by atoms with E-state index in [9.17, 15) is 14.0 Å². The molecule has 0 bridgehead atoms. The van der Waals surface area contributed by atoms with Gasteiger partial charge in [-0.25, -0.2) is 4.39 Å². The second-order valence-corrected chi connectivity index (χ2v) is 8.37. The molecule has 2 atom stereocenters. The van der Waals surface area contributed by atoms with Gasteiger partial charge in [0.1, 0.15) is 5.82 Å². The van der Waals surface area contributed by atoms with E-state index >= 15 is 0 Å². The van der Waals surface area contributed by atoms with E-state index in [1.807, 2.05) is 4.90 Å². The monoisotopic (exact) mass is 395 g/mol. The number of carbonyl (C=O) groups excluding carboxylic acids is 2. The molecule has 2 aliphatic rings. The number of rotatable bonds is 3. The van der Waals surface area contributed by atoms with Crippen molar-refractivity contribution in [2.24, 2.45) is 11.8 Å². The first kappa shape index (κ1) is 20.1. The molecular weight excluding hydrogens is 369 g/mol. The lowest BCUT2D eigenvalue weighted by atomic mass is 9.92. The fraction of sp³-hybridized carbons (Fsp3) is 0.600. The molecular formula is C20H27ClFN3O2. The van der Waals surface area contributed by atoms with Crippen LogP contribution >= 0.6 is 11.6 Å². The lowest BCUT2D eigenvalue weighted by Crippen LogP contribution is -2.53. The van der Waals surface area contributed by atoms with Crippen LogP contribution in [0.3, 0.4) is 0 Å². The van der Waals surface area contributed by atoms with Crippen LogP contribution < -0.4 is 0 Å². The number of amides is 2. The standard InChI is InChI=1S/C20H27ClFN3O2/c1-14-9-15(2)12-25(11-14)19(26)13-23-5-7-24(8-6-23)20(27)17-10-16(21)3-4-18(17)22/h3-4,10,14-15H,5-9,11-13H2,1-2H3. The van der Waals surface area contributed by atoms with Crippen molar-refractivity contribution in [3.63, 3.8) is 0 Å². The summed E-state index contributed by atoms with van der Waals surface area (Å²) in [6, 6.07) is 4.01. The average molecular weight is 396 g/mol. The summed E-state index contributed by atoms with van der Waals surface area (Å²) in [5, 5.41) is 0.342. The third-order valence-corrected chi connectivity index (χ3v) is 5.63. The maximum Gasteiger partial charge on any atom is 0.256 e. The smallest absolute Gasteiger partial charge is 0.256 e. The molecule has 0 aromatic heterocycles. The third-order valence-electron chi connectivity index (χ3n) is 5.40. The van der Waals surface area contributed by atoms with Crippen LogP contribution in [0, 0.1) is 17.7 Å². The highest BCUT2D eigenvalue weighted by Crippen LogP contribution is 2.21. The summed E-state index contributed by atoms with van der Waals surface area (Å²) in [7, 11) is 0. The highest BCUT2D eigenvalue weighted by molar-refractivity contribution is 6.31. The topological polar surface area (TPSA) is 43.9 Å². The molecule has 2 fully saturated rings. The van der Waals surface area contributed by atoms with Gasteiger partial charge in [-0.3, -0.25) is 14.5 Å². The first-order valence-electron chi connectivity index (χ1n) is 9.58. The number of hydrogen-bond acceptors (Lipinski definition) is 3. The summed E-state index contributed by atoms with van der Waals surface area (Å²) in [4.78, 5) is 30.8. The van der Waals surface area contributed by atoms with Crippen LogP contribution in [-0.2, 0) is 4.79 Å². The normalized spacial score (nSPS) is 24.1. The first-order valence-corrected chi connectivity index (χ1v) is 9.95. The van der Waals surface area contributed by atoms with E-state index in [4.69, 9.17) is 11.6 Å². The highest BCUT2D eigenvalue weighted by atomic mass is 35.5. The number of benzene rings is 1. The molecule has 5 nitrogen and oxygen atoms in total. The number of hydrogen-bond donors (Lipinski definition) is 0. The molecule has 7 heteroatoms. The molecule has 2 aliphatic heterocycles. The number of piperidine rings is 1. The summed E-state index contributed by atoms with van der Waals surface area (Å²) in [6.45, 7) is 8.59. The van der Waals surface area contributed by atoms with Crippen molar-refractivity contribution < 1.29 is 14.0 Å². The Bertz CT molecular complexity index is 696. The Hall–Kier alpha value is -1.66. The van der Waals surface area contributed by atoms with Crippen molar-refractivity contribution in [2.75, 3.05) is 45.8 Å². The number of carbonyl (C=O) groups is 2. The average Bonchev–Trinajstić information content (AvgIpc) is 2.63. The summed E-state index contributed by atoms with van der Waals surface area (Å²) in [5.74, 6) is 0.337. The molecule has 3 rings (SSSR count). The van der Waals surface area contributed by atoms with Crippen molar-refractivity contribution in [1.29, 1.82) is 0 Å². The van der Waals surface area contributed by atoms with Gasteiger partial charge in [0.05, 0.1) is 12.1 Å². The fourth-order valence-corrected chi connectivity index (χ4v) is 4.27. The van der Waals surface area contributed by atoms with Crippen LogP contribution in [0.2, 0.25) is 5.02 Å². The van der Waals surface area contributed by atoms with Gasteiger partial charge in [-0.1, -0.05) is 25.4 Å². The Kier molecular flexibility index (Phi) is 6.37. The minimum Gasteiger partial charge on any atom is -0.341 e. The molecule has 2 amide bonds. The molecule has 1 aromatic carbocycles. The second-order valence-electron chi connectivity index (χ2n) is 7.94. The van der Waals surface area contributed by atoms with Gasteiger partial charge in [-0.2, -0.15) is 0 Å². The Morgan fingerprint density at radius 3 is 2.33 bits per heavy atom. The zero-order valence-corrected chi connectivity index (χ0v) is 16.7. The van der Waals surface area contributed by atoms with E-state index in [2.05, 4.69) is 18.7 Å². The van der Waals surface area contributed by atoms with Gasteiger partial charge < -0.3 is 9.80 Å². The van der Waals surface area contributed by atoms with Gasteiger partial charge in [-0.15, -0.1) is 0 Å². The van der Waals surface area contributed by atoms with Gasteiger partial charge in [0.2, 0.25) is 5.91 Å². The van der Waals surface area contributed by atoms with Crippen LogP contribution in [0.25, 0.3) is 0 Å².